The highest BCUT2D eigenvalue weighted by atomic mass is 32.1. The number of anilines is 1. The predicted molar refractivity (Wildman–Crippen MR) is 151 cm³/mol. The number of likely N-dealkylation sites (N-methyl/N-ethyl adjacent to an activating group) is 1. The zero-order valence-corrected chi connectivity index (χ0v) is 22.5. The molecule has 3 heterocycles. The maximum Gasteiger partial charge on any atom is 0.255 e. The topological polar surface area (TPSA) is 71.0 Å². The Kier molecular flexibility index (Phi) is 6.12. The molecule has 1 aromatic heterocycles. The normalized spacial score (nSPS) is 15.9. The molecular weight excluding hydrogens is 484 g/mol. The Morgan fingerprint density at radius 3 is 2.73 bits per heavy atom. The second-order valence-corrected chi connectivity index (χ2v) is 10.8. The number of methoxy groups -OCH3 is 1. The van der Waals surface area contributed by atoms with Crippen LogP contribution in [-0.4, -0.2) is 42.2 Å². The highest BCUT2D eigenvalue weighted by molar-refractivity contribution is 7.11. The molecule has 6 nitrogen and oxygen atoms in total. The highest BCUT2D eigenvalue weighted by Gasteiger charge is 2.33. The van der Waals surface area contributed by atoms with Crippen molar-refractivity contribution in [1.29, 1.82) is 0 Å². The molecule has 0 unspecified atom stereocenters. The van der Waals surface area contributed by atoms with Crippen molar-refractivity contribution in [2.45, 2.75) is 26.3 Å². The lowest BCUT2D eigenvalue weighted by Crippen LogP contribution is -2.32. The number of carbonyl (C=O) groups excluding carboxylic acids is 1. The lowest BCUT2D eigenvalue weighted by Gasteiger charge is -2.35. The summed E-state index contributed by atoms with van der Waals surface area (Å²) >= 11 is 1.49. The lowest BCUT2D eigenvalue weighted by atomic mass is 9.83. The minimum Gasteiger partial charge on any atom is -0.504 e. The Hall–Kier alpha value is -3.97. The van der Waals surface area contributed by atoms with Crippen molar-refractivity contribution in [3.8, 4) is 28.4 Å². The first kappa shape index (κ1) is 24.7. The molecule has 190 valence electrons. The molecule has 2 aliphatic heterocycles. The van der Waals surface area contributed by atoms with Crippen LogP contribution < -0.4 is 14.8 Å². The number of hydrogen-bond donors (Lipinski definition) is 2. The minimum atomic E-state index is -0.207. The molecule has 0 radical (unpaired) electrons. The van der Waals surface area contributed by atoms with Gasteiger partial charge in [-0.2, -0.15) is 0 Å². The fraction of sp³-hybridized carbons (Fsp3) is 0.233. The van der Waals surface area contributed by atoms with E-state index in [4.69, 9.17) is 9.47 Å². The number of phenols is 1. The van der Waals surface area contributed by atoms with E-state index in [0.29, 0.717) is 34.9 Å². The number of fused-ring (bicyclic) bond motifs is 5. The van der Waals surface area contributed by atoms with E-state index in [2.05, 4.69) is 44.8 Å². The van der Waals surface area contributed by atoms with Crippen LogP contribution in [0, 0.1) is 0 Å². The van der Waals surface area contributed by atoms with Gasteiger partial charge in [-0.25, -0.2) is 0 Å². The number of phenolic OH excluding ortho intramolecular Hbond substituents is 1. The van der Waals surface area contributed by atoms with E-state index in [1.807, 2.05) is 23.6 Å². The average molecular weight is 515 g/mol. The number of carbonyl (C=O) groups is 1. The fourth-order valence-electron chi connectivity index (χ4n) is 5.16. The van der Waals surface area contributed by atoms with Crippen molar-refractivity contribution in [2.24, 2.45) is 0 Å². The SMILES string of the molecule is C=CCN(C)C(=O)c1ccsc1/C=C1\Oc2ccc(O)c(OC)c2-c2ccc3c(c21)C(C)=CC(C)(C)N3. The molecule has 0 saturated carbocycles. The summed E-state index contributed by atoms with van der Waals surface area (Å²) in [5.41, 5.74) is 6.00. The summed E-state index contributed by atoms with van der Waals surface area (Å²) in [5, 5.41) is 16.1. The van der Waals surface area contributed by atoms with Gasteiger partial charge in [0.15, 0.2) is 11.5 Å². The van der Waals surface area contributed by atoms with Gasteiger partial charge in [0, 0.05) is 40.8 Å². The molecule has 7 heteroatoms. The van der Waals surface area contributed by atoms with Crippen LogP contribution in [0.4, 0.5) is 5.69 Å². The summed E-state index contributed by atoms with van der Waals surface area (Å²) in [7, 11) is 3.30. The second kappa shape index (κ2) is 9.16. The Labute approximate surface area is 221 Å². The molecule has 3 aromatic rings. The summed E-state index contributed by atoms with van der Waals surface area (Å²) in [6.07, 6.45) is 5.85. The van der Waals surface area contributed by atoms with Crippen LogP contribution in [0.15, 0.2) is 54.4 Å². The zero-order valence-electron chi connectivity index (χ0n) is 21.6. The molecule has 0 spiro atoms. The summed E-state index contributed by atoms with van der Waals surface area (Å²) in [6.45, 7) is 10.6. The van der Waals surface area contributed by atoms with Crippen molar-refractivity contribution >= 4 is 40.3 Å². The number of aromatic hydroxyl groups is 1. The zero-order chi connectivity index (χ0) is 26.5. The van der Waals surface area contributed by atoms with Crippen LogP contribution in [0.5, 0.6) is 17.2 Å². The number of allylic oxidation sites excluding steroid dienone is 1. The van der Waals surface area contributed by atoms with Gasteiger partial charge >= 0.3 is 0 Å². The Morgan fingerprint density at radius 2 is 2.00 bits per heavy atom. The number of ether oxygens (including phenoxy) is 2. The van der Waals surface area contributed by atoms with Crippen molar-refractivity contribution in [3.63, 3.8) is 0 Å². The third-order valence-electron chi connectivity index (χ3n) is 6.61. The predicted octanol–water partition coefficient (Wildman–Crippen LogP) is 6.89. The van der Waals surface area contributed by atoms with Crippen LogP contribution in [0.1, 0.15) is 47.1 Å². The van der Waals surface area contributed by atoms with Crippen LogP contribution in [-0.2, 0) is 0 Å². The maximum absolute atomic E-state index is 13.1. The van der Waals surface area contributed by atoms with E-state index < -0.39 is 0 Å². The monoisotopic (exact) mass is 514 g/mol. The smallest absolute Gasteiger partial charge is 0.255 e. The van der Waals surface area contributed by atoms with E-state index >= 15 is 0 Å². The molecule has 0 aliphatic carbocycles. The number of hydrogen-bond acceptors (Lipinski definition) is 6. The number of nitrogens with zero attached hydrogens (tertiary/aromatic N) is 1. The third-order valence-corrected chi connectivity index (χ3v) is 7.47. The molecule has 5 rings (SSSR count). The molecule has 2 aromatic carbocycles. The number of rotatable bonds is 5. The van der Waals surface area contributed by atoms with Crippen LogP contribution >= 0.6 is 11.3 Å². The molecule has 0 bridgehead atoms. The molecule has 0 saturated heterocycles. The molecular formula is C30H30N2O4S. The quantitative estimate of drug-likeness (QED) is 0.363. The molecule has 1 amide bonds. The molecule has 37 heavy (non-hydrogen) atoms. The van der Waals surface area contributed by atoms with Crippen LogP contribution in [0.2, 0.25) is 0 Å². The van der Waals surface area contributed by atoms with E-state index in [1.165, 1.54) is 18.4 Å². The Balaban J connectivity index is 1.76. The molecule has 0 atom stereocenters. The van der Waals surface area contributed by atoms with Crippen molar-refractivity contribution in [2.75, 3.05) is 26.0 Å². The summed E-state index contributed by atoms with van der Waals surface area (Å²) in [6, 6.07) is 9.25. The van der Waals surface area contributed by atoms with Gasteiger partial charge in [0.25, 0.3) is 5.91 Å². The van der Waals surface area contributed by atoms with E-state index in [1.54, 1.807) is 30.2 Å². The van der Waals surface area contributed by atoms with Gasteiger partial charge in [-0.1, -0.05) is 18.2 Å². The average Bonchev–Trinajstić information content (AvgIpc) is 3.30. The largest absolute Gasteiger partial charge is 0.504 e. The van der Waals surface area contributed by atoms with Gasteiger partial charge in [-0.05, 0) is 62.1 Å². The summed E-state index contributed by atoms with van der Waals surface area (Å²) in [5.74, 6) is 1.53. The summed E-state index contributed by atoms with van der Waals surface area (Å²) < 4.78 is 12.1. The van der Waals surface area contributed by atoms with Crippen LogP contribution in [0.25, 0.3) is 28.5 Å². The number of nitrogens with one attached hydrogen (secondary N) is 1. The van der Waals surface area contributed by atoms with Gasteiger partial charge in [-0.3, -0.25) is 4.79 Å². The second-order valence-electron chi connectivity index (χ2n) is 9.86. The first-order chi connectivity index (χ1) is 17.6. The number of benzene rings is 2. The van der Waals surface area contributed by atoms with Crippen molar-refractivity contribution in [1.82, 2.24) is 4.90 Å². The van der Waals surface area contributed by atoms with Crippen LogP contribution in [0.3, 0.4) is 0 Å². The first-order valence-electron chi connectivity index (χ1n) is 12.0. The van der Waals surface area contributed by atoms with E-state index in [9.17, 15) is 9.90 Å². The van der Waals surface area contributed by atoms with Gasteiger partial charge < -0.3 is 24.8 Å². The van der Waals surface area contributed by atoms with E-state index in [-0.39, 0.29) is 17.2 Å². The number of amides is 1. The van der Waals surface area contributed by atoms with Gasteiger partial charge in [-0.15, -0.1) is 17.9 Å². The molecule has 2 aliphatic rings. The van der Waals surface area contributed by atoms with Crippen molar-refractivity contribution in [3.05, 3.63) is 76.0 Å². The highest BCUT2D eigenvalue weighted by Crippen LogP contribution is 2.54. The summed E-state index contributed by atoms with van der Waals surface area (Å²) in [4.78, 5) is 15.6. The van der Waals surface area contributed by atoms with Crippen molar-refractivity contribution < 1.29 is 19.4 Å². The Bertz CT molecular complexity index is 1500. The Morgan fingerprint density at radius 1 is 1.22 bits per heavy atom. The van der Waals surface area contributed by atoms with Gasteiger partial charge in [0.05, 0.1) is 23.8 Å². The maximum atomic E-state index is 13.1. The first-order valence-corrected chi connectivity index (χ1v) is 12.9. The molecule has 0 fully saturated rings. The lowest BCUT2D eigenvalue weighted by molar-refractivity contribution is 0.0810. The number of thiophene rings is 1. The standard InChI is InChI=1S/C30H30N2O4S/c1-7-13-32(5)29(34)18-12-14-37-24(18)15-23-26-19(27-22(36-23)11-10-21(33)28(27)35-6)8-9-20-25(26)17(2)16-30(3,4)31-20/h7-12,14-16,31,33H,1,13H2,2-6H3/b23-15-. The molecule has 2 N–H and O–H groups in total. The van der Waals surface area contributed by atoms with Gasteiger partial charge in [0.1, 0.15) is 11.5 Å². The fourth-order valence-corrected chi connectivity index (χ4v) is 5.97. The third kappa shape index (κ3) is 4.19. The van der Waals surface area contributed by atoms with Gasteiger partial charge in [0.2, 0.25) is 0 Å². The van der Waals surface area contributed by atoms with E-state index in [0.717, 1.165) is 32.8 Å². The minimum absolute atomic E-state index is 0.0452.